The summed E-state index contributed by atoms with van der Waals surface area (Å²) >= 11 is 2.89. The fourth-order valence-electron chi connectivity index (χ4n) is 1.69. The molecule has 0 aliphatic carbocycles. The number of hydrogen-bond donors (Lipinski definition) is 2. The van der Waals surface area contributed by atoms with Crippen LogP contribution in [0.15, 0.2) is 17.5 Å². The molecule has 3 N–H and O–H groups in total. The SMILES string of the molecule is CC(C)C[C@@H](NC(=O)CSCC(N)=O)c1cccs1. The lowest BCUT2D eigenvalue weighted by molar-refractivity contribution is -0.119. The van der Waals surface area contributed by atoms with Crippen molar-refractivity contribution in [2.45, 2.75) is 26.3 Å². The Morgan fingerprint density at radius 2 is 2.16 bits per heavy atom. The average Bonchev–Trinajstić information content (AvgIpc) is 2.80. The molecule has 4 nitrogen and oxygen atoms in total. The highest BCUT2D eigenvalue weighted by molar-refractivity contribution is 8.00. The van der Waals surface area contributed by atoms with Crippen LogP contribution in [0.4, 0.5) is 0 Å². The standard InChI is InChI=1S/C13H20N2O2S2/c1-9(2)6-10(11-4-3-5-19-11)15-13(17)8-18-7-12(14)16/h3-5,9-10H,6-8H2,1-2H3,(H2,14,16)(H,15,17)/t10-/m1/s1. The van der Waals surface area contributed by atoms with Gasteiger partial charge in [0, 0.05) is 4.88 Å². The Hall–Kier alpha value is -1.01. The maximum atomic E-state index is 11.8. The second-order valence-corrected chi connectivity index (χ2v) is 6.69. The maximum absolute atomic E-state index is 11.8. The van der Waals surface area contributed by atoms with Gasteiger partial charge in [-0.2, -0.15) is 0 Å². The third-order valence-corrected chi connectivity index (χ3v) is 4.35. The zero-order chi connectivity index (χ0) is 14.3. The highest BCUT2D eigenvalue weighted by Crippen LogP contribution is 2.25. The Bertz CT molecular complexity index is 405. The van der Waals surface area contributed by atoms with Crippen LogP contribution in [0.2, 0.25) is 0 Å². The quantitative estimate of drug-likeness (QED) is 0.773. The van der Waals surface area contributed by atoms with E-state index in [2.05, 4.69) is 19.2 Å². The summed E-state index contributed by atoms with van der Waals surface area (Å²) in [5.41, 5.74) is 5.03. The van der Waals surface area contributed by atoms with Crippen molar-refractivity contribution in [3.63, 3.8) is 0 Å². The predicted molar refractivity (Wildman–Crippen MR) is 81.2 cm³/mol. The molecular formula is C13H20N2O2S2. The van der Waals surface area contributed by atoms with Gasteiger partial charge in [0.05, 0.1) is 17.5 Å². The molecule has 0 aromatic carbocycles. The normalized spacial score (nSPS) is 12.4. The highest BCUT2D eigenvalue weighted by atomic mass is 32.2. The average molecular weight is 300 g/mol. The van der Waals surface area contributed by atoms with Gasteiger partial charge >= 0.3 is 0 Å². The first-order chi connectivity index (χ1) is 8.99. The molecule has 6 heteroatoms. The van der Waals surface area contributed by atoms with Gasteiger partial charge in [0.1, 0.15) is 0 Å². The minimum Gasteiger partial charge on any atom is -0.369 e. The van der Waals surface area contributed by atoms with E-state index in [4.69, 9.17) is 5.73 Å². The van der Waals surface area contributed by atoms with Crippen molar-refractivity contribution in [3.05, 3.63) is 22.4 Å². The molecule has 0 unspecified atom stereocenters. The fourth-order valence-corrected chi connectivity index (χ4v) is 3.05. The Balaban J connectivity index is 2.48. The van der Waals surface area contributed by atoms with Gasteiger partial charge in [0.15, 0.2) is 0 Å². The number of amides is 2. The van der Waals surface area contributed by atoms with E-state index in [1.54, 1.807) is 11.3 Å². The summed E-state index contributed by atoms with van der Waals surface area (Å²) in [7, 11) is 0. The minimum absolute atomic E-state index is 0.0506. The summed E-state index contributed by atoms with van der Waals surface area (Å²) in [6.45, 7) is 4.27. The lowest BCUT2D eigenvalue weighted by Crippen LogP contribution is -2.30. The molecule has 2 amide bonds. The van der Waals surface area contributed by atoms with Crippen molar-refractivity contribution in [3.8, 4) is 0 Å². The lowest BCUT2D eigenvalue weighted by atomic mass is 10.0. The van der Waals surface area contributed by atoms with Gasteiger partial charge in [0.25, 0.3) is 0 Å². The molecule has 0 saturated heterocycles. The number of thioether (sulfide) groups is 1. The third-order valence-electron chi connectivity index (χ3n) is 2.41. The number of thiophene rings is 1. The van der Waals surface area contributed by atoms with Crippen LogP contribution >= 0.6 is 23.1 Å². The van der Waals surface area contributed by atoms with Gasteiger partial charge in [-0.25, -0.2) is 0 Å². The molecular weight excluding hydrogens is 280 g/mol. The molecule has 0 fully saturated rings. The Kier molecular flexibility index (Phi) is 6.94. The van der Waals surface area contributed by atoms with Gasteiger partial charge in [-0.15, -0.1) is 23.1 Å². The van der Waals surface area contributed by atoms with Crippen LogP contribution in [0.1, 0.15) is 31.2 Å². The Labute approximate surface area is 122 Å². The summed E-state index contributed by atoms with van der Waals surface area (Å²) in [5, 5.41) is 5.03. The second kappa shape index (κ2) is 8.22. The Morgan fingerprint density at radius 1 is 1.42 bits per heavy atom. The molecule has 1 rings (SSSR count). The van der Waals surface area contributed by atoms with Crippen LogP contribution in [-0.2, 0) is 9.59 Å². The molecule has 1 aromatic rings. The van der Waals surface area contributed by atoms with Crippen molar-refractivity contribution in [1.29, 1.82) is 0 Å². The number of carbonyl (C=O) groups excluding carboxylic acids is 2. The number of rotatable bonds is 8. The lowest BCUT2D eigenvalue weighted by Gasteiger charge is -2.19. The van der Waals surface area contributed by atoms with Crippen LogP contribution < -0.4 is 11.1 Å². The van der Waals surface area contributed by atoms with E-state index >= 15 is 0 Å². The number of nitrogens with one attached hydrogen (secondary N) is 1. The number of hydrogen-bond acceptors (Lipinski definition) is 4. The van der Waals surface area contributed by atoms with E-state index in [1.807, 2.05) is 17.5 Å². The van der Waals surface area contributed by atoms with E-state index in [1.165, 1.54) is 16.6 Å². The van der Waals surface area contributed by atoms with E-state index in [0.29, 0.717) is 5.92 Å². The van der Waals surface area contributed by atoms with Crippen LogP contribution in [-0.4, -0.2) is 23.3 Å². The van der Waals surface area contributed by atoms with E-state index in [-0.39, 0.29) is 23.5 Å². The first kappa shape index (κ1) is 16.0. The zero-order valence-electron chi connectivity index (χ0n) is 11.2. The summed E-state index contributed by atoms with van der Waals surface area (Å²) in [5.74, 6) is 0.509. The van der Waals surface area contributed by atoms with Gasteiger partial charge in [-0.3, -0.25) is 9.59 Å². The zero-order valence-corrected chi connectivity index (χ0v) is 12.9. The van der Waals surface area contributed by atoms with Gasteiger partial charge < -0.3 is 11.1 Å². The van der Waals surface area contributed by atoms with Crippen LogP contribution in [0.25, 0.3) is 0 Å². The predicted octanol–water partition coefficient (Wildman–Crippen LogP) is 2.17. The monoisotopic (exact) mass is 300 g/mol. The molecule has 0 bridgehead atoms. The first-order valence-corrected chi connectivity index (χ1v) is 8.21. The van der Waals surface area contributed by atoms with E-state index in [9.17, 15) is 9.59 Å². The van der Waals surface area contributed by atoms with E-state index in [0.717, 1.165) is 6.42 Å². The highest BCUT2D eigenvalue weighted by Gasteiger charge is 2.17. The largest absolute Gasteiger partial charge is 0.369 e. The fraction of sp³-hybridized carbons (Fsp3) is 0.538. The minimum atomic E-state index is -0.394. The van der Waals surface area contributed by atoms with Crippen LogP contribution in [0.5, 0.6) is 0 Å². The third kappa shape index (κ3) is 6.63. The number of carbonyl (C=O) groups is 2. The van der Waals surface area contributed by atoms with Crippen molar-refractivity contribution in [1.82, 2.24) is 5.32 Å². The van der Waals surface area contributed by atoms with Gasteiger partial charge in [-0.05, 0) is 23.8 Å². The smallest absolute Gasteiger partial charge is 0.230 e. The molecule has 106 valence electrons. The summed E-state index contributed by atoms with van der Waals surface area (Å²) in [4.78, 5) is 23.6. The maximum Gasteiger partial charge on any atom is 0.230 e. The molecule has 0 saturated carbocycles. The summed E-state index contributed by atoms with van der Waals surface area (Å²) in [6.07, 6.45) is 0.909. The van der Waals surface area contributed by atoms with Gasteiger partial charge in [0.2, 0.25) is 11.8 Å². The molecule has 0 radical (unpaired) electrons. The molecule has 0 aliphatic heterocycles. The van der Waals surface area contributed by atoms with Gasteiger partial charge in [-0.1, -0.05) is 19.9 Å². The summed E-state index contributed by atoms with van der Waals surface area (Å²) in [6, 6.07) is 4.08. The number of primary amides is 1. The summed E-state index contributed by atoms with van der Waals surface area (Å²) < 4.78 is 0. The van der Waals surface area contributed by atoms with E-state index < -0.39 is 5.91 Å². The molecule has 0 spiro atoms. The van der Waals surface area contributed by atoms with Crippen molar-refractivity contribution in [2.24, 2.45) is 11.7 Å². The second-order valence-electron chi connectivity index (χ2n) is 4.72. The Morgan fingerprint density at radius 3 is 2.68 bits per heavy atom. The molecule has 1 aromatic heterocycles. The van der Waals surface area contributed by atoms with Crippen LogP contribution in [0, 0.1) is 5.92 Å². The number of nitrogens with two attached hydrogens (primary N) is 1. The molecule has 19 heavy (non-hydrogen) atoms. The van der Waals surface area contributed by atoms with Crippen LogP contribution in [0.3, 0.4) is 0 Å². The molecule has 0 aliphatic rings. The topological polar surface area (TPSA) is 72.2 Å². The first-order valence-electron chi connectivity index (χ1n) is 6.18. The molecule has 1 atom stereocenters. The van der Waals surface area contributed by atoms with Crippen molar-refractivity contribution >= 4 is 34.9 Å². The molecule has 1 heterocycles. The van der Waals surface area contributed by atoms with Crippen molar-refractivity contribution < 1.29 is 9.59 Å². The van der Waals surface area contributed by atoms with Crippen molar-refractivity contribution in [2.75, 3.05) is 11.5 Å².